The lowest BCUT2D eigenvalue weighted by Crippen LogP contribution is -2.51. The molecule has 0 spiro atoms. The van der Waals surface area contributed by atoms with Gasteiger partial charge in [0, 0.05) is 6.54 Å². The number of benzene rings is 2. The molecule has 1 fully saturated rings. The summed E-state index contributed by atoms with van der Waals surface area (Å²) in [5.74, 6) is 0.127. The molecule has 1 aliphatic carbocycles. The summed E-state index contributed by atoms with van der Waals surface area (Å²) in [4.78, 5) is 46.4. The number of hydrogen-bond donors (Lipinski definition) is 1. The number of hydrogen-bond acceptors (Lipinski definition) is 6. The van der Waals surface area contributed by atoms with Crippen molar-refractivity contribution in [1.82, 2.24) is 14.1 Å². The van der Waals surface area contributed by atoms with Crippen LogP contribution in [0.1, 0.15) is 37.8 Å². The number of carbonyl (C=O) groups excluding carboxylic acids is 1. The van der Waals surface area contributed by atoms with Gasteiger partial charge >= 0.3 is 17.3 Å². The van der Waals surface area contributed by atoms with Crippen LogP contribution in [0.15, 0.2) is 57.0 Å². The number of carbonyl (C=O) groups is 1. The molecule has 0 bridgehead atoms. The predicted molar refractivity (Wildman–Crippen MR) is 136 cm³/mol. The summed E-state index contributed by atoms with van der Waals surface area (Å²) < 4.78 is 13.1. The highest BCUT2D eigenvalue weighted by molar-refractivity contribution is 6.32. The molecule has 10 heteroatoms. The van der Waals surface area contributed by atoms with Crippen LogP contribution in [0.2, 0.25) is 5.02 Å². The molecule has 0 radical (unpaired) electrons. The highest BCUT2D eigenvalue weighted by Gasteiger charge is 2.52. The third-order valence-corrected chi connectivity index (χ3v) is 6.41. The van der Waals surface area contributed by atoms with Gasteiger partial charge in [0.2, 0.25) is 5.62 Å². The molecule has 1 saturated carbocycles. The highest BCUT2D eigenvalue weighted by atomic mass is 35.5. The minimum atomic E-state index is -0.851. The summed E-state index contributed by atoms with van der Waals surface area (Å²) in [6, 6.07) is 12.7. The number of esters is 1. The van der Waals surface area contributed by atoms with E-state index in [-0.39, 0.29) is 31.3 Å². The monoisotopic (exact) mass is 512 g/mol. The lowest BCUT2D eigenvalue weighted by atomic mass is 10.1. The van der Waals surface area contributed by atoms with Crippen LogP contribution in [0.25, 0.3) is 0 Å². The van der Waals surface area contributed by atoms with Crippen LogP contribution >= 0.6 is 11.6 Å². The Morgan fingerprint density at radius 1 is 1.08 bits per heavy atom. The maximum Gasteiger partial charge on any atom is 0.335 e. The Labute approximate surface area is 213 Å². The van der Waals surface area contributed by atoms with E-state index >= 15 is 0 Å². The molecule has 0 atom stereocenters. The van der Waals surface area contributed by atoms with Crippen molar-refractivity contribution < 1.29 is 14.3 Å². The second kappa shape index (κ2) is 10.6. The van der Waals surface area contributed by atoms with Crippen molar-refractivity contribution in [2.24, 2.45) is 10.4 Å². The van der Waals surface area contributed by atoms with Gasteiger partial charge in [0.1, 0.15) is 5.75 Å². The van der Waals surface area contributed by atoms with Gasteiger partial charge in [0.25, 0.3) is 0 Å². The minimum Gasteiger partial charge on any atom is -0.492 e. The lowest BCUT2D eigenvalue weighted by molar-refractivity contribution is -0.150. The number of nitrogens with one attached hydrogen (secondary N) is 1. The number of aryl methyl sites for hydroxylation is 1. The topological polar surface area (TPSA) is 108 Å². The highest BCUT2D eigenvalue weighted by Crippen LogP contribution is 2.47. The first kappa shape index (κ1) is 25.5. The van der Waals surface area contributed by atoms with Gasteiger partial charge in [-0.2, -0.15) is 0 Å². The Kier molecular flexibility index (Phi) is 7.49. The SMILES string of the molecule is CCOC(=O)C1(Cn2c(=O)[nH]/c(=N\c3ccc(OCC)c(Cl)c3)n(Cc3ccc(C)cc3)c2=O)CC1. The number of nitrogens with zero attached hydrogens (tertiary/aromatic N) is 3. The zero-order valence-electron chi connectivity index (χ0n) is 20.5. The van der Waals surface area contributed by atoms with Crippen molar-refractivity contribution in [3.63, 3.8) is 0 Å². The van der Waals surface area contributed by atoms with Crippen molar-refractivity contribution in [2.45, 2.75) is 46.7 Å². The fourth-order valence-electron chi connectivity index (χ4n) is 3.92. The summed E-state index contributed by atoms with van der Waals surface area (Å²) >= 11 is 6.31. The molecule has 2 aromatic carbocycles. The summed E-state index contributed by atoms with van der Waals surface area (Å²) in [6.07, 6.45) is 1.12. The van der Waals surface area contributed by atoms with Crippen LogP contribution in [0.4, 0.5) is 5.69 Å². The third-order valence-electron chi connectivity index (χ3n) is 6.12. The normalized spacial score (nSPS) is 14.5. The van der Waals surface area contributed by atoms with E-state index in [0.717, 1.165) is 15.7 Å². The van der Waals surface area contributed by atoms with Crippen molar-refractivity contribution in [1.29, 1.82) is 0 Å². The van der Waals surface area contributed by atoms with E-state index < -0.39 is 16.8 Å². The molecule has 1 heterocycles. The number of halogens is 1. The fraction of sp³-hybridized carbons (Fsp3) is 0.385. The van der Waals surface area contributed by atoms with E-state index in [1.807, 2.05) is 38.1 Å². The molecule has 190 valence electrons. The van der Waals surface area contributed by atoms with E-state index in [9.17, 15) is 14.4 Å². The second-order valence-corrected chi connectivity index (χ2v) is 9.26. The van der Waals surface area contributed by atoms with E-state index in [1.54, 1.807) is 25.1 Å². The average Bonchev–Trinajstić information content (AvgIpc) is 3.63. The molecule has 36 heavy (non-hydrogen) atoms. The summed E-state index contributed by atoms with van der Waals surface area (Å²) in [7, 11) is 0. The molecule has 1 aliphatic rings. The quantitative estimate of drug-likeness (QED) is 0.442. The number of aromatic amines is 1. The standard InChI is InChI=1S/C26H29ClN4O5/c1-4-35-21-11-10-19(14-20(21)27)28-23-29-24(33)31(16-26(12-13-26)22(32)36-5-2)25(34)30(23)15-18-8-6-17(3)7-9-18/h6-11,14H,4-5,12-13,15-16H2,1-3H3,(H,28,29,33). The van der Waals surface area contributed by atoms with E-state index in [1.165, 1.54) is 4.57 Å². The number of ether oxygens (including phenoxy) is 2. The number of H-pyrrole nitrogens is 1. The van der Waals surface area contributed by atoms with Crippen molar-refractivity contribution in [3.05, 3.63) is 85.2 Å². The van der Waals surface area contributed by atoms with Gasteiger partial charge in [-0.15, -0.1) is 0 Å². The Morgan fingerprint density at radius 2 is 1.81 bits per heavy atom. The van der Waals surface area contributed by atoms with Crippen LogP contribution in [0.3, 0.4) is 0 Å². The maximum atomic E-state index is 13.6. The van der Waals surface area contributed by atoms with Gasteiger partial charge in [-0.3, -0.25) is 14.3 Å². The van der Waals surface area contributed by atoms with Gasteiger partial charge in [0.05, 0.1) is 35.9 Å². The molecule has 0 saturated heterocycles. The Balaban J connectivity index is 1.82. The van der Waals surface area contributed by atoms with Crippen molar-refractivity contribution >= 4 is 23.3 Å². The lowest BCUT2D eigenvalue weighted by Gasteiger charge is -2.16. The summed E-state index contributed by atoms with van der Waals surface area (Å²) in [6.45, 7) is 6.38. The smallest absolute Gasteiger partial charge is 0.335 e. The van der Waals surface area contributed by atoms with Gasteiger partial charge in [0.15, 0.2) is 0 Å². The van der Waals surface area contributed by atoms with Crippen LogP contribution in [0, 0.1) is 12.3 Å². The average molecular weight is 513 g/mol. The first-order valence-corrected chi connectivity index (χ1v) is 12.3. The molecular formula is C26H29ClN4O5. The third kappa shape index (κ3) is 5.46. The zero-order chi connectivity index (χ0) is 25.9. The van der Waals surface area contributed by atoms with Crippen LogP contribution < -0.4 is 21.7 Å². The Bertz CT molecular complexity index is 1450. The predicted octanol–water partition coefficient (Wildman–Crippen LogP) is 3.32. The summed E-state index contributed by atoms with van der Waals surface area (Å²) in [5, 5.41) is 0.365. The largest absolute Gasteiger partial charge is 0.492 e. The van der Waals surface area contributed by atoms with Gasteiger partial charge in [-0.25, -0.2) is 19.1 Å². The zero-order valence-corrected chi connectivity index (χ0v) is 21.3. The minimum absolute atomic E-state index is 0.0525. The number of rotatable bonds is 9. The van der Waals surface area contributed by atoms with E-state index in [4.69, 9.17) is 21.1 Å². The molecule has 0 unspecified atom stereocenters. The fourth-order valence-corrected chi connectivity index (χ4v) is 4.15. The van der Waals surface area contributed by atoms with Crippen molar-refractivity contribution in [3.8, 4) is 5.75 Å². The summed E-state index contributed by atoms with van der Waals surface area (Å²) in [5.41, 5.74) is 0.394. The van der Waals surface area contributed by atoms with Gasteiger partial charge < -0.3 is 9.47 Å². The molecule has 9 nitrogen and oxygen atoms in total. The first-order valence-electron chi connectivity index (χ1n) is 11.9. The van der Waals surface area contributed by atoms with Crippen LogP contribution in [0.5, 0.6) is 5.75 Å². The second-order valence-electron chi connectivity index (χ2n) is 8.85. The molecule has 4 rings (SSSR count). The van der Waals surface area contributed by atoms with Gasteiger partial charge in [-0.05, 0) is 57.4 Å². The van der Waals surface area contributed by atoms with Crippen molar-refractivity contribution in [2.75, 3.05) is 13.2 Å². The first-order chi connectivity index (χ1) is 17.3. The van der Waals surface area contributed by atoms with Crippen LogP contribution in [-0.4, -0.2) is 33.3 Å². The maximum absolute atomic E-state index is 13.6. The molecule has 1 aromatic heterocycles. The number of aromatic nitrogens is 3. The molecular weight excluding hydrogens is 484 g/mol. The Morgan fingerprint density at radius 3 is 2.42 bits per heavy atom. The molecule has 0 aliphatic heterocycles. The Hall–Kier alpha value is -3.59. The molecule has 0 amide bonds. The van der Waals surface area contributed by atoms with E-state index in [0.29, 0.717) is 35.9 Å². The van der Waals surface area contributed by atoms with E-state index in [2.05, 4.69) is 9.98 Å². The van der Waals surface area contributed by atoms with Crippen LogP contribution in [-0.2, 0) is 22.6 Å². The molecule has 1 N–H and O–H groups in total. The van der Waals surface area contributed by atoms with Gasteiger partial charge in [-0.1, -0.05) is 41.4 Å². The molecule has 3 aromatic rings.